The first-order valence-electron chi connectivity index (χ1n) is 4.76. The fraction of sp³-hybridized carbons (Fsp3) is 0.889. The maximum atomic E-state index is 9.03. The van der Waals surface area contributed by atoms with Crippen LogP contribution in [0.15, 0.2) is 0 Å². The molecule has 84 valence electrons. The maximum absolute atomic E-state index is 9.03. The van der Waals surface area contributed by atoms with Gasteiger partial charge in [0.05, 0.1) is 13.6 Å². The minimum Gasteiger partial charge on any atom is -0.553 e. The Balaban J connectivity index is 0.000000292. The van der Waals surface area contributed by atoms with E-state index in [1.165, 1.54) is 19.5 Å². The van der Waals surface area contributed by atoms with Gasteiger partial charge in [-0.05, 0) is 7.05 Å². The first kappa shape index (κ1) is 13.2. The summed E-state index contributed by atoms with van der Waals surface area (Å²) in [6.07, 6.45) is 0.580. The van der Waals surface area contributed by atoms with Crippen LogP contribution in [-0.4, -0.2) is 51.5 Å². The van der Waals surface area contributed by atoms with Crippen molar-refractivity contribution in [3.63, 3.8) is 0 Å². The minimum absolute atomic E-state index is 0.721. The number of hydrogen-bond acceptors (Lipinski definition) is 4. The Morgan fingerprint density at radius 3 is 2.43 bits per heavy atom. The van der Waals surface area contributed by atoms with Crippen LogP contribution < -0.4 is 10.0 Å². The van der Waals surface area contributed by atoms with Gasteiger partial charge in [0.15, 0.2) is 0 Å². The SMILES string of the molecule is CC1N(C)CCC[NH+]1C.COC(=O)[O-]. The molecule has 0 aromatic heterocycles. The normalized spacial score (nSPS) is 27.4. The molecular formula is C9H20N2O3. The lowest BCUT2D eigenvalue weighted by Gasteiger charge is -2.34. The Labute approximate surface area is 85.2 Å². The number of carboxylic acid groups (broad SMARTS) is 1. The van der Waals surface area contributed by atoms with Crippen LogP contribution in [0.25, 0.3) is 0 Å². The lowest BCUT2D eigenvalue weighted by molar-refractivity contribution is -0.922. The van der Waals surface area contributed by atoms with E-state index in [0.29, 0.717) is 0 Å². The summed E-state index contributed by atoms with van der Waals surface area (Å²) in [5, 5.41) is 9.03. The molecule has 1 aliphatic rings. The van der Waals surface area contributed by atoms with E-state index in [1.54, 1.807) is 4.90 Å². The Hall–Kier alpha value is -0.810. The van der Waals surface area contributed by atoms with Gasteiger partial charge in [0.25, 0.3) is 6.16 Å². The zero-order chi connectivity index (χ0) is 11.1. The molecule has 0 radical (unpaired) electrons. The molecule has 1 fully saturated rings. The van der Waals surface area contributed by atoms with Crippen LogP contribution in [0.2, 0.25) is 0 Å². The summed E-state index contributed by atoms with van der Waals surface area (Å²) in [6, 6.07) is 0. The second-order valence-electron chi connectivity index (χ2n) is 3.56. The fourth-order valence-electron chi connectivity index (χ4n) is 1.39. The van der Waals surface area contributed by atoms with Gasteiger partial charge in [0.2, 0.25) is 0 Å². The monoisotopic (exact) mass is 204 g/mol. The summed E-state index contributed by atoms with van der Waals surface area (Å²) in [6.45, 7) is 4.90. The Bertz CT molecular complexity index is 165. The van der Waals surface area contributed by atoms with Crippen molar-refractivity contribution in [2.75, 3.05) is 34.3 Å². The second kappa shape index (κ2) is 6.62. The summed E-state index contributed by atoms with van der Waals surface area (Å²) in [5.41, 5.74) is 0. The van der Waals surface area contributed by atoms with E-state index in [2.05, 4.69) is 30.7 Å². The molecule has 0 aromatic carbocycles. The van der Waals surface area contributed by atoms with Gasteiger partial charge < -0.3 is 19.5 Å². The molecule has 0 aromatic rings. The molecule has 1 N–H and O–H groups in total. The average molecular weight is 204 g/mol. The predicted molar refractivity (Wildman–Crippen MR) is 50.9 cm³/mol. The van der Waals surface area contributed by atoms with Crippen molar-refractivity contribution in [3.05, 3.63) is 0 Å². The number of methoxy groups -OCH3 is 1. The molecule has 0 spiro atoms. The van der Waals surface area contributed by atoms with Gasteiger partial charge in [-0.2, -0.15) is 0 Å². The fourth-order valence-corrected chi connectivity index (χ4v) is 1.39. The first-order valence-corrected chi connectivity index (χ1v) is 4.76. The van der Waals surface area contributed by atoms with Crippen molar-refractivity contribution in [2.45, 2.75) is 19.5 Å². The lowest BCUT2D eigenvalue weighted by atomic mass is 10.2. The molecule has 14 heavy (non-hydrogen) atoms. The molecule has 5 nitrogen and oxygen atoms in total. The van der Waals surface area contributed by atoms with E-state index in [0.717, 1.165) is 13.3 Å². The summed E-state index contributed by atoms with van der Waals surface area (Å²) in [7, 11) is 5.50. The molecule has 0 aliphatic carbocycles. The first-order chi connectivity index (χ1) is 6.49. The van der Waals surface area contributed by atoms with Crippen molar-refractivity contribution in [1.82, 2.24) is 4.90 Å². The number of ether oxygens (including phenoxy) is 1. The predicted octanol–water partition coefficient (Wildman–Crippen LogP) is -1.84. The molecule has 5 heteroatoms. The lowest BCUT2D eigenvalue weighted by Crippen LogP contribution is -3.15. The number of hydrogen-bond donors (Lipinski definition) is 1. The highest BCUT2D eigenvalue weighted by Gasteiger charge is 2.21. The summed E-state index contributed by atoms with van der Waals surface area (Å²) in [4.78, 5) is 13.1. The molecule has 0 amide bonds. The quantitative estimate of drug-likeness (QED) is 0.471. The van der Waals surface area contributed by atoms with Crippen molar-refractivity contribution in [1.29, 1.82) is 0 Å². The molecule has 2 atom stereocenters. The highest BCUT2D eigenvalue weighted by atomic mass is 16.6. The van der Waals surface area contributed by atoms with Gasteiger partial charge in [0, 0.05) is 27.0 Å². The van der Waals surface area contributed by atoms with Gasteiger partial charge in [-0.15, -0.1) is 0 Å². The highest BCUT2D eigenvalue weighted by Crippen LogP contribution is 1.93. The van der Waals surface area contributed by atoms with Crippen LogP contribution in [0, 0.1) is 0 Å². The summed E-state index contributed by atoms with van der Waals surface area (Å²) >= 11 is 0. The second-order valence-corrected chi connectivity index (χ2v) is 3.56. The van der Waals surface area contributed by atoms with Crippen LogP contribution in [-0.2, 0) is 4.74 Å². The van der Waals surface area contributed by atoms with E-state index in [1.807, 2.05) is 0 Å². The van der Waals surface area contributed by atoms with E-state index in [9.17, 15) is 0 Å². The number of nitrogens with zero attached hydrogens (tertiary/aromatic N) is 1. The van der Waals surface area contributed by atoms with Crippen molar-refractivity contribution in [3.8, 4) is 0 Å². The zero-order valence-electron chi connectivity index (χ0n) is 9.37. The largest absolute Gasteiger partial charge is 0.553 e. The molecule has 2 unspecified atom stereocenters. The van der Waals surface area contributed by atoms with Gasteiger partial charge in [0.1, 0.15) is 6.17 Å². The zero-order valence-corrected chi connectivity index (χ0v) is 9.37. The number of carbonyl (C=O) groups excluding carboxylic acids is 1. The van der Waals surface area contributed by atoms with E-state index in [-0.39, 0.29) is 0 Å². The van der Waals surface area contributed by atoms with Crippen LogP contribution >= 0.6 is 0 Å². The number of quaternary nitrogens is 1. The van der Waals surface area contributed by atoms with Crippen LogP contribution in [0.5, 0.6) is 0 Å². The summed E-state index contributed by atoms with van der Waals surface area (Å²) < 4.78 is 3.56. The van der Waals surface area contributed by atoms with Gasteiger partial charge in [-0.3, -0.25) is 4.90 Å². The molecule has 1 heterocycles. The highest BCUT2D eigenvalue weighted by molar-refractivity contribution is 5.53. The van der Waals surface area contributed by atoms with Crippen LogP contribution in [0.4, 0.5) is 4.79 Å². The van der Waals surface area contributed by atoms with Crippen molar-refractivity contribution in [2.24, 2.45) is 0 Å². The number of nitrogens with one attached hydrogen (secondary N) is 1. The number of rotatable bonds is 0. The third-order valence-corrected chi connectivity index (χ3v) is 2.62. The molecule has 1 saturated heterocycles. The molecular weight excluding hydrogens is 184 g/mol. The third kappa shape index (κ3) is 5.04. The Morgan fingerprint density at radius 1 is 1.64 bits per heavy atom. The smallest absolute Gasteiger partial charge is 0.251 e. The van der Waals surface area contributed by atoms with E-state index < -0.39 is 6.16 Å². The van der Waals surface area contributed by atoms with E-state index >= 15 is 0 Å². The topological polar surface area (TPSA) is 57.0 Å². The molecule has 1 rings (SSSR count). The van der Waals surface area contributed by atoms with E-state index in [4.69, 9.17) is 9.90 Å². The van der Waals surface area contributed by atoms with Gasteiger partial charge in [-0.25, -0.2) is 0 Å². The average Bonchev–Trinajstić information content (AvgIpc) is 2.15. The van der Waals surface area contributed by atoms with Gasteiger partial charge >= 0.3 is 0 Å². The van der Waals surface area contributed by atoms with Crippen LogP contribution in [0.3, 0.4) is 0 Å². The van der Waals surface area contributed by atoms with Crippen LogP contribution in [0.1, 0.15) is 13.3 Å². The minimum atomic E-state index is -1.50. The van der Waals surface area contributed by atoms with Gasteiger partial charge in [-0.1, -0.05) is 0 Å². The van der Waals surface area contributed by atoms with Crippen molar-refractivity contribution < 1.29 is 19.5 Å². The standard InChI is InChI=1S/C7H16N2.C2H4O3/c1-7-8(2)5-4-6-9(7)3;1-5-2(3)4/h7H,4-6H2,1-3H3;1H3,(H,3,4). The third-order valence-electron chi connectivity index (χ3n) is 2.62. The molecule has 1 aliphatic heterocycles. The summed E-state index contributed by atoms with van der Waals surface area (Å²) in [5.74, 6) is 0. The van der Waals surface area contributed by atoms with Crippen molar-refractivity contribution >= 4 is 6.16 Å². The molecule has 0 bridgehead atoms. The number of carbonyl (C=O) groups is 1. The molecule has 0 saturated carbocycles. The maximum Gasteiger partial charge on any atom is 0.251 e. The Kier molecular flexibility index (Phi) is 6.23. The Morgan fingerprint density at radius 2 is 2.14 bits per heavy atom.